The highest BCUT2D eigenvalue weighted by Crippen LogP contribution is 2.23. The zero-order valence-corrected chi connectivity index (χ0v) is 14.0. The summed E-state index contributed by atoms with van der Waals surface area (Å²) in [4.78, 5) is 37.5. The third-order valence-corrected chi connectivity index (χ3v) is 4.23. The van der Waals surface area contributed by atoms with Crippen LogP contribution >= 0.6 is 11.6 Å². The molecule has 5 nitrogen and oxygen atoms in total. The van der Waals surface area contributed by atoms with Gasteiger partial charge in [0.1, 0.15) is 12.4 Å². The van der Waals surface area contributed by atoms with Gasteiger partial charge in [0.25, 0.3) is 11.8 Å². The van der Waals surface area contributed by atoms with Gasteiger partial charge < -0.3 is 5.32 Å². The number of nitrogens with one attached hydrogen (secondary N) is 1. The first-order chi connectivity index (χ1) is 11.9. The average Bonchev–Trinajstić information content (AvgIpc) is 2.80. The van der Waals surface area contributed by atoms with E-state index in [9.17, 15) is 18.8 Å². The van der Waals surface area contributed by atoms with E-state index < -0.39 is 30.1 Å². The van der Waals surface area contributed by atoms with Crippen LogP contribution in [-0.2, 0) is 4.79 Å². The van der Waals surface area contributed by atoms with Gasteiger partial charge in [-0.05, 0) is 42.8 Å². The average molecular weight is 361 g/mol. The Hall–Kier alpha value is -2.73. The molecule has 0 bridgehead atoms. The number of hydrogen-bond donors (Lipinski definition) is 1. The summed E-state index contributed by atoms with van der Waals surface area (Å²) in [7, 11) is 0. The number of imide groups is 1. The number of carbonyl (C=O) groups excluding carboxylic acids is 3. The molecule has 0 radical (unpaired) electrons. The second kappa shape index (κ2) is 6.64. The standard InChI is InChI=1S/C18H14ClFN2O3/c1-10(11-2-4-12(19)5-3-11)21-16(23)9-22-17(24)14-7-6-13(20)8-15(14)18(22)25/h2-8,10H,9H2,1H3,(H,21,23)/t10-/m0/s1. The predicted octanol–water partition coefficient (Wildman–Crippen LogP) is 2.95. The van der Waals surface area contributed by atoms with Crippen molar-refractivity contribution < 1.29 is 18.8 Å². The van der Waals surface area contributed by atoms with Crippen molar-refractivity contribution in [1.29, 1.82) is 0 Å². The molecule has 0 saturated carbocycles. The summed E-state index contributed by atoms with van der Waals surface area (Å²) in [6.07, 6.45) is 0. The van der Waals surface area contributed by atoms with Crippen LogP contribution in [0.3, 0.4) is 0 Å². The summed E-state index contributed by atoms with van der Waals surface area (Å²) in [6.45, 7) is 1.35. The van der Waals surface area contributed by atoms with Crippen LogP contribution in [0.25, 0.3) is 0 Å². The number of fused-ring (bicyclic) bond motifs is 1. The molecule has 2 aromatic carbocycles. The maximum absolute atomic E-state index is 13.3. The van der Waals surface area contributed by atoms with E-state index in [0.717, 1.165) is 22.6 Å². The summed E-state index contributed by atoms with van der Waals surface area (Å²) in [5.41, 5.74) is 0.913. The third-order valence-electron chi connectivity index (χ3n) is 3.98. The van der Waals surface area contributed by atoms with Crippen LogP contribution in [0.5, 0.6) is 0 Å². The molecule has 3 amide bonds. The zero-order valence-electron chi connectivity index (χ0n) is 13.3. The van der Waals surface area contributed by atoms with Crippen molar-refractivity contribution >= 4 is 29.3 Å². The van der Waals surface area contributed by atoms with Crippen LogP contribution in [-0.4, -0.2) is 29.2 Å². The second-order valence-corrected chi connectivity index (χ2v) is 6.16. The Bertz CT molecular complexity index is 867. The maximum Gasteiger partial charge on any atom is 0.262 e. The lowest BCUT2D eigenvalue weighted by atomic mass is 10.1. The smallest absolute Gasteiger partial charge is 0.262 e. The highest BCUT2D eigenvalue weighted by atomic mass is 35.5. The Morgan fingerprint density at radius 3 is 2.44 bits per heavy atom. The number of nitrogens with zero attached hydrogens (tertiary/aromatic N) is 1. The van der Waals surface area contributed by atoms with Gasteiger partial charge >= 0.3 is 0 Å². The lowest BCUT2D eigenvalue weighted by Crippen LogP contribution is -2.41. The molecule has 1 N–H and O–H groups in total. The minimum atomic E-state index is -0.672. The monoisotopic (exact) mass is 360 g/mol. The number of halogens is 2. The molecule has 0 spiro atoms. The van der Waals surface area contributed by atoms with E-state index in [1.54, 1.807) is 31.2 Å². The van der Waals surface area contributed by atoms with Gasteiger partial charge in [0.05, 0.1) is 17.2 Å². The number of hydrogen-bond acceptors (Lipinski definition) is 3. The number of benzene rings is 2. The van der Waals surface area contributed by atoms with E-state index in [4.69, 9.17) is 11.6 Å². The van der Waals surface area contributed by atoms with E-state index in [1.807, 2.05) is 0 Å². The van der Waals surface area contributed by atoms with Gasteiger partial charge in [-0.25, -0.2) is 4.39 Å². The van der Waals surface area contributed by atoms with Crippen LogP contribution < -0.4 is 5.32 Å². The maximum atomic E-state index is 13.3. The predicted molar refractivity (Wildman–Crippen MR) is 89.8 cm³/mol. The summed E-state index contributed by atoms with van der Waals surface area (Å²) in [5.74, 6) is -2.37. The number of carbonyl (C=O) groups is 3. The van der Waals surface area contributed by atoms with Crippen LogP contribution in [0, 0.1) is 5.82 Å². The third kappa shape index (κ3) is 3.39. The fraction of sp³-hybridized carbons (Fsp3) is 0.167. The van der Waals surface area contributed by atoms with Gasteiger partial charge in [-0.3, -0.25) is 19.3 Å². The second-order valence-electron chi connectivity index (χ2n) is 5.73. The normalized spacial score (nSPS) is 14.4. The SMILES string of the molecule is C[C@H](NC(=O)CN1C(=O)c2ccc(F)cc2C1=O)c1ccc(Cl)cc1. The molecule has 7 heteroatoms. The van der Waals surface area contributed by atoms with E-state index in [2.05, 4.69) is 5.32 Å². The van der Waals surface area contributed by atoms with Crippen molar-refractivity contribution in [3.05, 3.63) is 70.0 Å². The van der Waals surface area contributed by atoms with Crippen LogP contribution in [0.2, 0.25) is 5.02 Å². The highest BCUT2D eigenvalue weighted by molar-refractivity contribution is 6.30. The summed E-state index contributed by atoms with van der Waals surface area (Å²) in [5, 5.41) is 3.30. The van der Waals surface area contributed by atoms with Crippen molar-refractivity contribution in [2.24, 2.45) is 0 Å². The largest absolute Gasteiger partial charge is 0.348 e. The molecule has 0 aromatic heterocycles. The quantitative estimate of drug-likeness (QED) is 0.852. The lowest BCUT2D eigenvalue weighted by molar-refractivity contribution is -0.122. The molecule has 0 saturated heterocycles. The minimum absolute atomic E-state index is 0.0245. The van der Waals surface area contributed by atoms with Crippen LogP contribution in [0.4, 0.5) is 4.39 Å². The van der Waals surface area contributed by atoms with Gasteiger partial charge in [0, 0.05) is 5.02 Å². The summed E-state index contributed by atoms with van der Waals surface area (Å²) < 4.78 is 13.3. The Labute approximate surface area is 148 Å². The van der Waals surface area contributed by atoms with Crippen molar-refractivity contribution in [2.45, 2.75) is 13.0 Å². The highest BCUT2D eigenvalue weighted by Gasteiger charge is 2.37. The fourth-order valence-electron chi connectivity index (χ4n) is 2.67. The molecule has 0 aliphatic carbocycles. The number of rotatable bonds is 4. The summed E-state index contributed by atoms with van der Waals surface area (Å²) in [6, 6.07) is 10.0. The Balaban J connectivity index is 1.68. The van der Waals surface area contributed by atoms with Gasteiger partial charge in [0.2, 0.25) is 5.91 Å². The Morgan fingerprint density at radius 2 is 1.76 bits per heavy atom. The molecular formula is C18H14ClFN2O3. The molecule has 3 rings (SSSR count). The molecule has 1 aliphatic rings. The van der Waals surface area contributed by atoms with E-state index in [0.29, 0.717) is 5.02 Å². The first-order valence-electron chi connectivity index (χ1n) is 7.57. The van der Waals surface area contributed by atoms with Crippen LogP contribution in [0.1, 0.15) is 39.2 Å². The fourth-order valence-corrected chi connectivity index (χ4v) is 2.80. The van der Waals surface area contributed by atoms with E-state index in [1.165, 1.54) is 6.07 Å². The Morgan fingerprint density at radius 1 is 1.12 bits per heavy atom. The molecule has 0 unspecified atom stereocenters. The molecule has 1 aliphatic heterocycles. The van der Waals surface area contributed by atoms with Gasteiger partial charge in [-0.1, -0.05) is 23.7 Å². The van der Waals surface area contributed by atoms with Gasteiger partial charge in [-0.2, -0.15) is 0 Å². The van der Waals surface area contributed by atoms with Gasteiger partial charge in [-0.15, -0.1) is 0 Å². The lowest BCUT2D eigenvalue weighted by Gasteiger charge is -2.18. The first-order valence-corrected chi connectivity index (χ1v) is 7.95. The molecule has 1 heterocycles. The Kier molecular flexibility index (Phi) is 4.55. The van der Waals surface area contributed by atoms with Gasteiger partial charge in [0.15, 0.2) is 0 Å². The molecule has 128 valence electrons. The van der Waals surface area contributed by atoms with E-state index >= 15 is 0 Å². The topological polar surface area (TPSA) is 66.5 Å². The van der Waals surface area contributed by atoms with Crippen molar-refractivity contribution in [3.8, 4) is 0 Å². The first kappa shape index (κ1) is 17.1. The van der Waals surface area contributed by atoms with Crippen LogP contribution in [0.15, 0.2) is 42.5 Å². The molecule has 25 heavy (non-hydrogen) atoms. The van der Waals surface area contributed by atoms with E-state index in [-0.39, 0.29) is 17.2 Å². The number of amides is 3. The molecular weight excluding hydrogens is 347 g/mol. The van der Waals surface area contributed by atoms with Crippen molar-refractivity contribution in [3.63, 3.8) is 0 Å². The van der Waals surface area contributed by atoms with Crippen molar-refractivity contribution in [2.75, 3.05) is 6.54 Å². The molecule has 1 atom stereocenters. The minimum Gasteiger partial charge on any atom is -0.348 e. The summed E-state index contributed by atoms with van der Waals surface area (Å²) >= 11 is 5.83. The zero-order chi connectivity index (χ0) is 18.1. The molecule has 2 aromatic rings. The van der Waals surface area contributed by atoms with Crippen molar-refractivity contribution in [1.82, 2.24) is 10.2 Å². The molecule has 0 fully saturated rings.